The van der Waals surface area contributed by atoms with Crippen LogP contribution >= 0.6 is 12.6 Å². The maximum Gasteiger partial charge on any atom is 0.412 e. The third-order valence-corrected chi connectivity index (χ3v) is 5.51. The Hall–Kier alpha value is -3.74. The number of anilines is 1. The van der Waals surface area contributed by atoms with Crippen molar-refractivity contribution in [1.29, 1.82) is 5.26 Å². The number of carbonyl (C=O) groups is 2. The molecular weight excluding hydrogens is 468 g/mol. The largest absolute Gasteiger partial charge is 0.507 e. The zero-order valence-corrected chi connectivity index (χ0v) is 20.0. The van der Waals surface area contributed by atoms with Crippen molar-refractivity contribution in [2.45, 2.75) is 25.6 Å². The van der Waals surface area contributed by atoms with Crippen molar-refractivity contribution < 1.29 is 28.9 Å². The Balaban J connectivity index is 1.92. The standard InChI is InChI=1S/C26H26N2O6S/c1-2-32-23(13-14-33-24(30)16-35)25(21-11-12-22(29)20-6-4-3-5-19(20)21)34-26(31)28-18-9-7-17(15-27)8-10-18/h3-12,23,25,29,35H,2,13-14,16H2,1H3,(H,28,31)/t23-,25-/m0/s1. The van der Waals surface area contributed by atoms with Crippen molar-refractivity contribution in [2.24, 2.45) is 0 Å². The number of hydrogen-bond acceptors (Lipinski definition) is 8. The first-order valence-electron chi connectivity index (χ1n) is 11.0. The van der Waals surface area contributed by atoms with Crippen molar-refractivity contribution in [3.63, 3.8) is 0 Å². The molecule has 0 aliphatic rings. The van der Waals surface area contributed by atoms with E-state index < -0.39 is 24.3 Å². The molecule has 8 nitrogen and oxygen atoms in total. The third-order valence-electron chi connectivity index (χ3n) is 5.25. The van der Waals surface area contributed by atoms with Crippen LogP contribution in [-0.4, -0.2) is 42.2 Å². The summed E-state index contributed by atoms with van der Waals surface area (Å²) in [6.45, 7) is 2.20. The molecule has 35 heavy (non-hydrogen) atoms. The second-order valence-corrected chi connectivity index (χ2v) is 7.84. The highest BCUT2D eigenvalue weighted by Gasteiger charge is 2.30. The van der Waals surface area contributed by atoms with Crippen LogP contribution in [0.5, 0.6) is 5.75 Å². The highest BCUT2D eigenvalue weighted by Crippen LogP contribution is 2.35. The Kier molecular flexibility index (Phi) is 9.35. The van der Waals surface area contributed by atoms with Gasteiger partial charge in [-0.15, -0.1) is 0 Å². The Bertz CT molecular complexity index is 1210. The van der Waals surface area contributed by atoms with Crippen LogP contribution in [0.4, 0.5) is 10.5 Å². The molecular formula is C26H26N2O6S. The number of phenolic OH excluding ortho intramolecular Hbond substituents is 1. The van der Waals surface area contributed by atoms with Gasteiger partial charge in [-0.3, -0.25) is 10.1 Å². The summed E-state index contributed by atoms with van der Waals surface area (Å²) in [5, 5.41) is 23.3. The number of phenols is 1. The molecule has 182 valence electrons. The topological polar surface area (TPSA) is 118 Å². The van der Waals surface area contributed by atoms with Crippen LogP contribution < -0.4 is 5.32 Å². The maximum absolute atomic E-state index is 12.9. The molecule has 1 amide bonds. The van der Waals surface area contributed by atoms with E-state index in [0.29, 0.717) is 34.2 Å². The average Bonchev–Trinajstić information content (AvgIpc) is 2.88. The Morgan fingerprint density at radius 3 is 2.46 bits per heavy atom. The molecule has 0 saturated heterocycles. The second kappa shape index (κ2) is 12.6. The molecule has 0 heterocycles. The summed E-state index contributed by atoms with van der Waals surface area (Å²) in [6.07, 6.45) is -1.99. The Labute approximate surface area is 208 Å². The minimum atomic E-state index is -0.881. The SMILES string of the molecule is CCO[C@@H](CCOC(=O)CS)[C@@H](OC(=O)Nc1ccc(C#N)cc1)c1ccc(O)c2ccccc12. The molecule has 2 N–H and O–H groups in total. The zero-order valence-electron chi connectivity index (χ0n) is 19.1. The molecule has 0 bridgehead atoms. The molecule has 0 unspecified atom stereocenters. The summed E-state index contributed by atoms with van der Waals surface area (Å²) in [6, 6.07) is 18.8. The quantitative estimate of drug-likeness (QED) is 0.269. The molecule has 0 radical (unpaired) electrons. The lowest BCUT2D eigenvalue weighted by Gasteiger charge is -2.28. The smallest absolute Gasteiger partial charge is 0.412 e. The van der Waals surface area contributed by atoms with E-state index in [9.17, 15) is 14.7 Å². The molecule has 0 aromatic heterocycles. The fraction of sp³-hybridized carbons (Fsp3) is 0.269. The molecule has 0 aliphatic carbocycles. The molecule has 0 aliphatic heterocycles. The summed E-state index contributed by atoms with van der Waals surface area (Å²) >= 11 is 3.91. The van der Waals surface area contributed by atoms with E-state index in [2.05, 4.69) is 17.9 Å². The Morgan fingerprint density at radius 2 is 1.80 bits per heavy atom. The summed E-state index contributed by atoms with van der Waals surface area (Å²) in [5.41, 5.74) is 1.55. The van der Waals surface area contributed by atoms with Crippen molar-refractivity contribution >= 4 is 41.2 Å². The minimum absolute atomic E-state index is 0.0468. The van der Waals surface area contributed by atoms with Gasteiger partial charge in [0.2, 0.25) is 0 Å². The molecule has 0 saturated carbocycles. The first-order valence-corrected chi connectivity index (χ1v) is 11.7. The van der Waals surface area contributed by atoms with Crippen LogP contribution in [0.1, 0.15) is 30.6 Å². The van der Waals surface area contributed by atoms with Crippen LogP contribution in [-0.2, 0) is 19.0 Å². The van der Waals surface area contributed by atoms with Gasteiger partial charge in [0.05, 0.1) is 24.0 Å². The molecule has 3 aromatic carbocycles. The van der Waals surface area contributed by atoms with Gasteiger partial charge in [0, 0.05) is 29.7 Å². The third kappa shape index (κ3) is 6.88. The minimum Gasteiger partial charge on any atom is -0.507 e. The van der Waals surface area contributed by atoms with Gasteiger partial charge in [0.15, 0.2) is 6.10 Å². The molecule has 3 aromatic rings. The van der Waals surface area contributed by atoms with Gasteiger partial charge in [-0.1, -0.05) is 30.3 Å². The van der Waals surface area contributed by atoms with Crippen molar-refractivity contribution in [1.82, 2.24) is 0 Å². The normalized spacial score (nSPS) is 12.4. The van der Waals surface area contributed by atoms with Crippen molar-refractivity contribution in [3.05, 3.63) is 71.8 Å². The van der Waals surface area contributed by atoms with Gasteiger partial charge in [0.1, 0.15) is 11.9 Å². The number of nitrogens with one attached hydrogen (secondary N) is 1. The van der Waals surface area contributed by atoms with Crippen LogP contribution in [0, 0.1) is 11.3 Å². The molecule has 0 spiro atoms. The fourth-order valence-electron chi connectivity index (χ4n) is 3.66. The number of benzene rings is 3. The molecule has 3 rings (SSSR count). The lowest BCUT2D eigenvalue weighted by molar-refractivity contribution is -0.142. The number of thiol groups is 1. The van der Waals surface area contributed by atoms with E-state index in [1.807, 2.05) is 25.1 Å². The summed E-state index contributed by atoms with van der Waals surface area (Å²) in [5.74, 6) is -0.412. The summed E-state index contributed by atoms with van der Waals surface area (Å²) in [7, 11) is 0. The predicted molar refractivity (Wildman–Crippen MR) is 134 cm³/mol. The Morgan fingerprint density at radius 1 is 1.09 bits per heavy atom. The monoisotopic (exact) mass is 494 g/mol. The number of fused-ring (bicyclic) bond motifs is 1. The zero-order chi connectivity index (χ0) is 25.2. The highest BCUT2D eigenvalue weighted by atomic mass is 32.1. The van der Waals surface area contributed by atoms with Crippen LogP contribution in [0.15, 0.2) is 60.7 Å². The molecule has 2 atom stereocenters. The lowest BCUT2D eigenvalue weighted by atomic mass is 9.95. The van der Waals surface area contributed by atoms with E-state index in [0.717, 1.165) is 0 Å². The summed E-state index contributed by atoms with van der Waals surface area (Å²) < 4.78 is 17.0. The van der Waals surface area contributed by atoms with Gasteiger partial charge in [-0.2, -0.15) is 17.9 Å². The van der Waals surface area contributed by atoms with E-state index >= 15 is 0 Å². The van der Waals surface area contributed by atoms with Gasteiger partial charge in [-0.25, -0.2) is 4.79 Å². The van der Waals surface area contributed by atoms with Gasteiger partial charge in [-0.05, 0) is 42.6 Å². The fourth-order valence-corrected chi connectivity index (χ4v) is 3.75. The number of nitrogens with zero attached hydrogens (tertiary/aromatic N) is 1. The number of amides is 1. The first kappa shape index (κ1) is 25.9. The number of nitriles is 1. The van der Waals surface area contributed by atoms with Crippen LogP contribution in [0.25, 0.3) is 10.8 Å². The number of carbonyl (C=O) groups excluding carboxylic acids is 2. The average molecular weight is 495 g/mol. The van der Waals surface area contributed by atoms with Crippen LogP contribution in [0.2, 0.25) is 0 Å². The summed E-state index contributed by atoms with van der Waals surface area (Å²) in [4.78, 5) is 24.4. The van der Waals surface area contributed by atoms with E-state index in [-0.39, 0.29) is 24.5 Å². The van der Waals surface area contributed by atoms with Gasteiger partial charge < -0.3 is 19.3 Å². The van der Waals surface area contributed by atoms with E-state index in [1.165, 1.54) is 6.07 Å². The van der Waals surface area contributed by atoms with E-state index in [4.69, 9.17) is 19.5 Å². The lowest BCUT2D eigenvalue weighted by Crippen LogP contribution is -2.30. The van der Waals surface area contributed by atoms with E-state index in [1.54, 1.807) is 42.5 Å². The second-order valence-electron chi connectivity index (χ2n) is 7.52. The van der Waals surface area contributed by atoms with Gasteiger partial charge in [0.25, 0.3) is 0 Å². The predicted octanol–water partition coefficient (Wildman–Crippen LogP) is 4.98. The first-order chi connectivity index (χ1) is 17.0. The molecule has 9 heteroatoms. The van der Waals surface area contributed by atoms with Crippen LogP contribution in [0.3, 0.4) is 0 Å². The maximum atomic E-state index is 12.9. The number of esters is 1. The molecule has 0 fully saturated rings. The van der Waals surface area contributed by atoms with Crippen molar-refractivity contribution in [2.75, 3.05) is 24.3 Å². The number of hydrogen-bond donors (Lipinski definition) is 3. The number of aromatic hydroxyl groups is 1. The highest BCUT2D eigenvalue weighted by molar-refractivity contribution is 7.81. The van der Waals surface area contributed by atoms with Gasteiger partial charge >= 0.3 is 12.1 Å². The number of rotatable bonds is 10. The number of ether oxygens (including phenoxy) is 3. The van der Waals surface area contributed by atoms with Crippen molar-refractivity contribution in [3.8, 4) is 11.8 Å².